The third kappa shape index (κ3) is 1.77. The number of nitrogens with zero attached hydrogens (tertiary/aromatic N) is 1. The largest absolute Gasteiger partial charge is 0.383 e. The Kier molecular flexibility index (Phi) is 3.23. The number of ether oxygens (including phenoxy) is 1. The minimum atomic E-state index is 0.726. The number of rotatable bonds is 4. The van der Waals surface area contributed by atoms with Crippen molar-refractivity contribution in [1.29, 1.82) is 0 Å². The van der Waals surface area contributed by atoms with Crippen molar-refractivity contribution in [3.05, 3.63) is 0 Å². The monoisotopic (exact) mass is 201 g/mol. The molecule has 1 saturated heterocycles. The zero-order valence-corrected chi connectivity index (χ0v) is 9.56. The lowest BCUT2D eigenvalue weighted by Gasteiger charge is -2.34. The summed E-state index contributed by atoms with van der Waals surface area (Å²) in [5, 5.41) is 0. The Bertz CT molecular complexity index is 158. The van der Waals surface area contributed by atoms with E-state index in [2.05, 4.69) is 14.1 Å². The van der Waals surface area contributed by atoms with Gasteiger partial charge in [-0.05, 0) is 31.3 Å². The van der Waals surface area contributed by atoms with E-state index >= 15 is 0 Å². The maximum absolute atomic E-state index is 5.31. The first-order valence-electron chi connectivity index (χ1n) is 5.31. The van der Waals surface area contributed by atoms with Crippen molar-refractivity contribution in [3.8, 4) is 0 Å². The Hall–Kier alpha value is 0.350. The molecule has 0 aromatic rings. The molecule has 1 aliphatic heterocycles. The van der Waals surface area contributed by atoms with Gasteiger partial charge in [-0.2, -0.15) is 0 Å². The van der Waals surface area contributed by atoms with Gasteiger partial charge in [-0.15, -0.1) is 9.24 Å². The van der Waals surface area contributed by atoms with E-state index in [0.29, 0.717) is 0 Å². The van der Waals surface area contributed by atoms with E-state index in [9.17, 15) is 0 Å². The standard InChI is InChI=1S/C10H20NOP/c1-12-7-10-8-2-3-9(6-8)11(10)4-5-13/h8-10H,2-7,13H2,1H3. The van der Waals surface area contributed by atoms with Gasteiger partial charge in [0.15, 0.2) is 0 Å². The van der Waals surface area contributed by atoms with Crippen LogP contribution < -0.4 is 0 Å². The average Bonchev–Trinajstić information content (AvgIpc) is 2.69. The molecule has 1 aliphatic carbocycles. The van der Waals surface area contributed by atoms with Gasteiger partial charge in [-0.25, -0.2) is 0 Å². The molecule has 0 aromatic heterocycles. The summed E-state index contributed by atoms with van der Waals surface area (Å²) in [4.78, 5) is 2.67. The van der Waals surface area contributed by atoms with Gasteiger partial charge >= 0.3 is 0 Å². The van der Waals surface area contributed by atoms with Crippen LogP contribution in [-0.2, 0) is 4.74 Å². The highest BCUT2D eigenvalue weighted by Crippen LogP contribution is 2.42. The zero-order chi connectivity index (χ0) is 9.26. The molecule has 13 heavy (non-hydrogen) atoms. The van der Waals surface area contributed by atoms with E-state index in [0.717, 1.165) is 24.6 Å². The van der Waals surface area contributed by atoms with Gasteiger partial charge in [0.1, 0.15) is 0 Å². The molecule has 0 amide bonds. The van der Waals surface area contributed by atoms with Gasteiger partial charge in [0.05, 0.1) is 6.61 Å². The third-order valence-electron chi connectivity index (χ3n) is 3.61. The maximum atomic E-state index is 5.31. The van der Waals surface area contributed by atoms with E-state index in [1.54, 1.807) is 0 Å². The predicted molar refractivity (Wildman–Crippen MR) is 58.1 cm³/mol. The normalized spacial score (nSPS) is 38.8. The second-order valence-electron chi connectivity index (χ2n) is 4.28. The van der Waals surface area contributed by atoms with Crippen LogP contribution in [0.25, 0.3) is 0 Å². The first-order chi connectivity index (χ1) is 6.36. The van der Waals surface area contributed by atoms with Crippen molar-refractivity contribution >= 4 is 9.24 Å². The fourth-order valence-electron chi connectivity index (χ4n) is 3.08. The average molecular weight is 201 g/mol. The van der Waals surface area contributed by atoms with Crippen LogP contribution in [0.5, 0.6) is 0 Å². The molecule has 1 heterocycles. The lowest BCUT2D eigenvalue weighted by atomic mass is 9.99. The number of likely N-dealkylation sites (tertiary alicyclic amines) is 1. The summed E-state index contributed by atoms with van der Waals surface area (Å²) in [5.74, 6) is 0.932. The van der Waals surface area contributed by atoms with Crippen LogP contribution in [-0.4, -0.2) is 43.4 Å². The van der Waals surface area contributed by atoms with Crippen LogP contribution in [0.15, 0.2) is 0 Å². The van der Waals surface area contributed by atoms with Crippen molar-refractivity contribution < 1.29 is 4.74 Å². The highest BCUT2D eigenvalue weighted by Gasteiger charge is 2.44. The second-order valence-corrected chi connectivity index (χ2v) is 4.85. The molecule has 4 atom stereocenters. The van der Waals surface area contributed by atoms with E-state index in [1.165, 1.54) is 32.0 Å². The molecule has 3 heteroatoms. The summed E-state index contributed by atoms with van der Waals surface area (Å²) in [7, 11) is 4.65. The van der Waals surface area contributed by atoms with E-state index < -0.39 is 0 Å². The van der Waals surface area contributed by atoms with Crippen LogP contribution in [0.2, 0.25) is 0 Å². The molecular weight excluding hydrogens is 181 g/mol. The number of fused-ring (bicyclic) bond motifs is 2. The fraction of sp³-hybridized carbons (Fsp3) is 1.00. The van der Waals surface area contributed by atoms with Crippen molar-refractivity contribution in [2.75, 3.05) is 26.4 Å². The van der Waals surface area contributed by atoms with Gasteiger partial charge in [0.25, 0.3) is 0 Å². The molecule has 0 aromatic carbocycles. The number of hydrogen-bond acceptors (Lipinski definition) is 2. The van der Waals surface area contributed by atoms with Crippen molar-refractivity contribution in [2.45, 2.75) is 31.3 Å². The minimum Gasteiger partial charge on any atom is -0.383 e. The van der Waals surface area contributed by atoms with Gasteiger partial charge in [0, 0.05) is 25.7 Å². The molecule has 2 fully saturated rings. The molecule has 0 spiro atoms. The molecule has 2 bridgehead atoms. The Labute approximate surface area is 83.2 Å². The first-order valence-corrected chi connectivity index (χ1v) is 6.13. The molecule has 2 nitrogen and oxygen atoms in total. The van der Waals surface area contributed by atoms with E-state index in [-0.39, 0.29) is 0 Å². The van der Waals surface area contributed by atoms with E-state index in [1.807, 2.05) is 7.11 Å². The molecule has 1 saturated carbocycles. The maximum Gasteiger partial charge on any atom is 0.0620 e. The van der Waals surface area contributed by atoms with Gasteiger partial charge in [0.2, 0.25) is 0 Å². The Morgan fingerprint density at radius 1 is 1.46 bits per heavy atom. The SMILES string of the molecule is COCC1C2CCC(C2)N1CCP. The zero-order valence-electron chi connectivity index (χ0n) is 8.41. The fourth-order valence-corrected chi connectivity index (χ4v) is 3.38. The van der Waals surface area contributed by atoms with Crippen LogP contribution in [0.3, 0.4) is 0 Å². The predicted octanol–water partition coefficient (Wildman–Crippen LogP) is 1.36. The molecule has 2 rings (SSSR count). The Morgan fingerprint density at radius 2 is 2.31 bits per heavy atom. The first kappa shape index (κ1) is 9.89. The summed E-state index contributed by atoms with van der Waals surface area (Å²) in [6, 6.07) is 1.61. The quantitative estimate of drug-likeness (QED) is 0.637. The molecule has 0 radical (unpaired) electrons. The Balaban J connectivity index is 1.97. The highest BCUT2D eigenvalue weighted by molar-refractivity contribution is 7.16. The highest BCUT2D eigenvalue weighted by atomic mass is 31.0. The molecule has 2 aliphatic rings. The Morgan fingerprint density at radius 3 is 3.00 bits per heavy atom. The molecular formula is C10H20NOP. The molecule has 0 N–H and O–H groups in total. The lowest BCUT2D eigenvalue weighted by Crippen LogP contribution is -2.44. The second kappa shape index (κ2) is 4.25. The summed E-state index contributed by atoms with van der Waals surface area (Å²) >= 11 is 0. The van der Waals surface area contributed by atoms with Crippen molar-refractivity contribution in [2.24, 2.45) is 5.92 Å². The van der Waals surface area contributed by atoms with Crippen LogP contribution >= 0.6 is 9.24 Å². The minimum absolute atomic E-state index is 0.726. The van der Waals surface area contributed by atoms with Gasteiger partial charge in [-0.1, -0.05) is 0 Å². The smallest absolute Gasteiger partial charge is 0.0620 e. The third-order valence-corrected chi connectivity index (χ3v) is 3.87. The van der Waals surface area contributed by atoms with Crippen molar-refractivity contribution in [3.63, 3.8) is 0 Å². The summed E-state index contributed by atoms with van der Waals surface area (Å²) in [5.41, 5.74) is 0. The molecule has 4 unspecified atom stereocenters. The summed E-state index contributed by atoms with van der Waals surface area (Å²) in [6.45, 7) is 2.17. The number of methoxy groups -OCH3 is 1. The van der Waals surface area contributed by atoms with Crippen LogP contribution in [0, 0.1) is 5.92 Å². The lowest BCUT2D eigenvalue weighted by molar-refractivity contribution is 0.0646. The number of piperidine rings is 1. The van der Waals surface area contributed by atoms with Gasteiger partial charge < -0.3 is 4.74 Å². The summed E-state index contributed by atoms with van der Waals surface area (Å²) < 4.78 is 5.31. The van der Waals surface area contributed by atoms with Gasteiger partial charge in [-0.3, -0.25) is 4.90 Å². The molecule has 76 valence electrons. The topological polar surface area (TPSA) is 12.5 Å². The van der Waals surface area contributed by atoms with Crippen LogP contribution in [0.1, 0.15) is 19.3 Å². The van der Waals surface area contributed by atoms with Crippen molar-refractivity contribution in [1.82, 2.24) is 4.90 Å². The van der Waals surface area contributed by atoms with E-state index in [4.69, 9.17) is 4.74 Å². The summed E-state index contributed by atoms with van der Waals surface area (Å²) in [6.07, 6.45) is 5.49. The van der Waals surface area contributed by atoms with Crippen LogP contribution in [0.4, 0.5) is 0 Å². The number of hydrogen-bond donors (Lipinski definition) is 0.